The zero-order valence-electron chi connectivity index (χ0n) is 16.7. The van der Waals surface area contributed by atoms with E-state index in [-0.39, 0.29) is 5.91 Å². The van der Waals surface area contributed by atoms with Crippen LogP contribution in [0.25, 0.3) is 11.4 Å². The summed E-state index contributed by atoms with van der Waals surface area (Å²) in [4.78, 5) is 20.1. The van der Waals surface area contributed by atoms with Gasteiger partial charge < -0.3 is 14.6 Å². The maximum absolute atomic E-state index is 12.9. The topological polar surface area (TPSA) is 59.4 Å². The maximum atomic E-state index is 12.9. The van der Waals surface area contributed by atoms with E-state index in [1.165, 1.54) is 12.0 Å². The Hall–Kier alpha value is -2.18. The Labute approximate surface area is 166 Å². The van der Waals surface area contributed by atoms with Crippen LogP contribution in [0.4, 0.5) is 0 Å². The van der Waals surface area contributed by atoms with Crippen molar-refractivity contribution >= 4 is 5.91 Å². The molecule has 1 saturated heterocycles. The van der Waals surface area contributed by atoms with Gasteiger partial charge in [-0.05, 0) is 26.2 Å². The van der Waals surface area contributed by atoms with E-state index in [0.29, 0.717) is 12.2 Å². The second-order valence-electron chi connectivity index (χ2n) is 7.77. The first-order valence-corrected chi connectivity index (χ1v) is 10.5. The minimum Gasteiger partial charge on any atom is -0.379 e. The molecule has 1 fully saturated rings. The van der Waals surface area contributed by atoms with Crippen LogP contribution in [0.2, 0.25) is 0 Å². The highest BCUT2D eigenvalue weighted by atomic mass is 16.5. The molecule has 0 atom stereocenters. The van der Waals surface area contributed by atoms with Gasteiger partial charge in [0.05, 0.1) is 18.9 Å². The van der Waals surface area contributed by atoms with E-state index < -0.39 is 0 Å². The fourth-order valence-corrected chi connectivity index (χ4v) is 4.06. The van der Waals surface area contributed by atoms with Crippen molar-refractivity contribution < 1.29 is 9.53 Å². The fourth-order valence-electron chi connectivity index (χ4n) is 4.06. The molecule has 6 nitrogen and oxygen atoms in total. The van der Waals surface area contributed by atoms with Gasteiger partial charge in [-0.25, -0.2) is 4.98 Å². The highest BCUT2D eigenvalue weighted by Gasteiger charge is 2.24. The standard InChI is InChI=1S/C22H30N4O2/c1-17-6-8-18(9-7-17)21-24-20(19-5-3-2-4-11-26(19)21)22(27)23-10-12-25-13-15-28-16-14-25/h6-9H,2-5,10-16H2,1H3,(H,23,27). The largest absolute Gasteiger partial charge is 0.379 e. The molecule has 1 N–H and O–H groups in total. The monoisotopic (exact) mass is 382 g/mol. The number of nitrogens with one attached hydrogen (secondary N) is 1. The Morgan fingerprint density at radius 2 is 1.89 bits per heavy atom. The summed E-state index contributed by atoms with van der Waals surface area (Å²) in [7, 11) is 0. The lowest BCUT2D eigenvalue weighted by molar-refractivity contribution is 0.0383. The van der Waals surface area contributed by atoms with Crippen molar-refractivity contribution in [3.05, 3.63) is 41.2 Å². The molecule has 1 aromatic carbocycles. The summed E-state index contributed by atoms with van der Waals surface area (Å²) in [5.41, 5.74) is 4.02. The number of benzene rings is 1. The molecule has 0 radical (unpaired) electrons. The fraction of sp³-hybridized carbons (Fsp3) is 0.545. The molecule has 0 spiro atoms. The first-order chi connectivity index (χ1) is 13.7. The highest BCUT2D eigenvalue weighted by Crippen LogP contribution is 2.27. The molecule has 3 heterocycles. The molecule has 150 valence electrons. The van der Waals surface area contributed by atoms with E-state index >= 15 is 0 Å². The number of rotatable bonds is 5. The number of morpholine rings is 1. The molecular weight excluding hydrogens is 352 g/mol. The van der Waals surface area contributed by atoms with Crippen molar-refractivity contribution in [3.8, 4) is 11.4 Å². The van der Waals surface area contributed by atoms with Crippen LogP contribution in [0.3, 0.4) is 0 Å². The van der Waals surface area contributed by atoms with Crippen LogP contribution in [0.1, 0.15) is 41.0 Å². The number of hydrogen-bond acceptors (Lipinski definition) is 4. The SMILES string of the molecule is Cc1ccc(-c2nc(C(=O)NCCN3CCOCC3)c3n2CCCCC3)cc1. The molecule has 2 aliphatic rings. The molecule has 0 unspecified atom stereocenters. The van der Waals surface area contributed by atoms with Crippen LogP contribution in [0.5, 0.6) is 0 Å². The molecule has 28 heavy (non-hydrogen) atoms. The van der Waals surface area contributed by atoms with Gasteiger partial charge in [-0.3, -0.25) is 9.69 Å². The Bertz CT molecular complexity index is 807. The van der Waals surface area contributed by atoms with Crippen LogP contribution >= 0.6 is 0 Å². The predicted molar refractivity (Wildman–Crippen MR) is 110 cm³/mol. The molecule has 1 aromatic heterocycles. The van der Waals surface area contributed by atoms with E-state index in [9.17, 15) is 4.79 Å². The third-order valence-electron chi connectivity index (χ3n) is 5.71. The molecule has 6 heteroatoms. The second-order valence-corrected chi connectivity index (χ2v) is 7.77. The Morgan fingerprint density at radius 1 is 1.11 bits per heavy atom. The van der Waals surface area contributed by atoms with E-state index in [0.717, 1.165) is 75.7 Å². The maximum Gasteiger partial charge on any atom is 0.271 e. The zero-order chi connectivity index (χ0) is 19.3. The van der Waals surface area contributed by atoms with Gasteiger partial charge in [-0.2, -0.15) is 0 Å². The smallest absolute Gasteiger partial charge is 0.271 e. The average molecular weight is 383 g/mol. The molecule has 2 aromatic rings. The number of amides is 1. The average Bonchev–Trinajstić information content (AvgIpc) is 2.91. The van der Waals surface area contributed by atoms with Crippen molar-refractivity contribution in [1.82, 2.24) is 19.8 Å². The summed E-state index contributed by atoms with van der Waals surface area (Å²) in [5, 5.41) is 3.09. The van der Waals surface area contributed by atoms with Crippen LogP contribution in [-0.4, -0.2) is 59.8 Å². The first kappa shape index (κ1) is 19.2. The molecule has 0 aliphatic carbocycles. The number of aromatic nitrogens is 2. The van der Waals surface area contributed by atoms with E-state index in [2.05, 4.69) is 46.0 Å². The van der Waals surface area contributed by atoms with E-state index in [4.69, 9.17) is 9.72 Å². The minimum absolute atomic E-state index is 0.0442. The molecule has 4 rings (SSSR count). The Balaban J connectivity index is 1.52. The van der Waals surface area contributed by atoms with Gasteiger partial charge in [0.25, 0.3) is 5.91 Å². The van der Waals surface area contributed by atoms with Crippen LogP contribution in [0.15, 0.2) is 24.3 Å². The second kappa shape index (κ2) is 8.88. The van der Waals surface area contributed by atoms with Crippen LogP contribution < -0.4 is 5.32 Å². The van der Waals surface area contributed by atoms with E-state index in [1.807, 2.05) is 0 Å². The minimum atomic E-state index is -0.0442. The van der Waals surface area contributed by atoms with Crippen LogP contribution in [0, 0.1) is 6.92 Å². The van der Waals surface area contributed by atoms with Crippen molar-refractivity contribution in [2.75, 3.05) is 39.4 Å². The summed E-state index contributed by atoms with van der Waals surface area (Å²) in [6.07, 6.45) is 4.38. The Morgan fingerprint density at radius 3 is 2.68 bits per heavy atom. The molecular formula is C22H30N4O2. The number of imidazole rings is 1. The van der Waals surface area contributed by atoms with Crippen molar-refractivity contribution in [2.24, 2.45) is 0 Å². The van der Waals surface area contributed by atoms with Crippen molar-refractivity contribution in [1.29, 1.82) is 0 Å². The lowest BCUT2D eigenvalue weighted by Crippen LogP contribution is -2.41. The quantitative estimate of drug-likeness (QED) is 0.864. The van der Waals surface area contributed by atoms with Gasteiger partial charge in [0.15, 0.2) is 0 Å². The third kappa shape index (κ3) is 4.28. The Kier molecular flexibility index (Phi) is 6.07. The van der Waals surface area contributed by atoms with Gasteiger partial charge >= 0.3 is 0 Å². The van der Waals surface area contributed by atoms with Gasteiger partial charge in [-0.1, -0.05) is 36.2 Å². The zero-order valence-corrected chi connectivity index (χ0v) is 16.7. The van der Waals surface area contributed by atoms with Crippen molar-refractivity contribution in [2.45, 2.75) is 39.2 Å². The predicted octanol–water partition coefficient (Wildman–Crippen LogP) is 2.65. The summed E-state index contributed by atoms with van der Waals surface area (Å²) in [5.74, 6) is 0.882. The molecule has 0 saturated carbocycles. The summed E-state index contributed by atoms with van der Waals surface area (Å²) in [6.45, 7) is 7.96. The lowest BCUT2D eigenvalue weighted by atomic mass is 10.1. The summed E-state index contributed by atoms with van der Waals surface area (Å²) in [6, 6.07) is 8.43. The van der Waals surface area contributed by atoms with Crippen molar-refractivity contribution in [3.63, 3.8) is 0 Å². The normalized spacial score (nSPS) is 17.8. The number of carbonyl (C=O) groups excluding carboxylic acids is 1. The number of ether oxygens (including phenoxy) is 1. The number of fused-ring (bicyclic) bond motifs is 1. The van der Waals surface area contributed by atoms with Gasteiger partial charge in [0.1, 0.15) is 11.5 Å². The lowest BCUT2D eigenvalue weighted by Gasteiger charge is -2.26. The molecule has 0 bridgehead atoms. The highest BCUT2D eigenvalue weighted by molar-refractivity contribution is 5.94. The third-order valence-corrected chi connectivity index (χ3v) is 5.71. The van der Waals surface area contributed by atoms with Gasteiger partial charge in [-0.15, -0.1) is 0 Å². The summed E-state index contributed by atoms with van der Waals surface area (Å²) < 4.78 is 7.65. The van der Waals surface area contributed by atoms with Gasteiger partial charge in [0.2, 0.25) is 0 Å². The number of nitrogens with zero attached hydrogens (tertiary/aromatic N) is 3. The molecule has 1 amide bonds. The summed E-state index contributed by atoms with van der Waals surface area (Å²) >= 11 is 0. The first-order valence-electron chi connectivity index (χ1n) is 10.5. The number of carbonyl (C=O) groups is 1. The number of aryl methyl sites for hydroxylation is 1. The molecule has 2 aliphatic heterocycles. The van der Waals surface area contributed by atoms with E-state index in [1.54, 1.807) is 0 Å². The number of hydrogen-bond donors (Lipinski definition) is 1. The van der Waals surface area contributed by atoms with Gasteiger partial charge in [0, 0.05) is 38.3 Å². The van der Waals surface area contributed by atoms with Crippen LogP contribution in [-0.2, 0) is 17.7 Å².